The summed E-state index contributed by atoms with van der Waals surface area (Å²) >= 11 is 1.73. The standard InChI is InChI=1S/C16H20N2OS/c1-12-6-7-14(13(11-12)5-3-9-17)18-15(19)16(2)8-4-10-20-16/h6-7,11H,4,8-10,17H2,1-2H3,(H,18,19). The maximum Gasteiger partial charge on any atom is 0.240 e. The van der Waals surface area contributed by atoms with Crippen LogP contribution in [0.15, 0.2) is 18.2 Å². The molecular weight excluding hydrogens is 268 g/mol. The molecule has 106 valence electrons. The van der Waals surface area contributed by atoms with Crippen LogP contribution < -0.4 is 11.1 Å². The third-order valence-corrected chi connectivity index (χ3v) is 4.97. The van der Waals surface area contributed by atoms with Crippen molar-refractivity contribution in [1.29, 1.82) is 0 Å². The zero-order valence-electron chi connectivity index (χ0n) is 12.0. The average Bonchev–Trinajstić information content (AvgIpc) is 2.87. The molecule has 2 rings (SSSR count). The highest BCUT2D eigenvalue weighted by atomic mass is 32.2. The van der Waals surface area contributed by atoms with Gasteiger partial charge in [-0.3, -0.25) is 4.79 Å². The van der Waals surface area contributed by atoms with E-state index in [4.69, 9.17) is 5.73 Å². The second-order valence-electron chi connectivity index (χ2n) is 5.19. The number of carbonyl (C=O) groups excluding carboxylic acids is 1. The van der Waals surface area contributed by atoms with Crippen molar-refractivity contribution in [2.75, 3.05) is 17.6 Å². The molecule has 1 fully saturated rings. The van der Waals surface area contributed by atoms with Gasteiger partial charge in [-0.15, -0.1) is 11.8 Å². The Morgan fingerprint density at radius 2 is 2.35 bits per heavy atom. The van der Waals surface area contributed by atoms with Crippen LogP contribution in [-0.2, 0) is 4.79 Å². The zero-order valence-corrected chi connectivity index (χ0v) is 12.8. The molecule has 0 aromatic heterocycles. The number of carbonyl (C=O) groups is 1. The summed E-state index contributed by atoms with van der Waals surface area (Å²) in [6, 6.07) is 5.87. The van der Waals surface area contributed by atoms with E-state index in [9.17, 15) is 4.79 Å². The van der Waals surface area contributed by atoms with Gasteiger partial charge in [0.1, 0.15) is 0 Å². The molecule has 0 saturated carbocycles. The molecule has 1 atom stereocenters. The van der Waals surface area contributed by atoms with Crippen molar-refractivity contribution in [2.45, 2.75) is 31.4 Å². The van der Waals surface area contributed by atoms with Gasteiger partial charge in [0.05, 0.1) is 17.0 Å². The van der Waals surface area contributed by atoms with E-state index in [0.29, 0.717) is 6.54 Å². The van der Waals surface area contributed by atoms with Gasteiger partial charge in [0.25, 0.3) is 0 Å². The summed E-state index contributed by atoms with van der Waals surface area (Å²) in [5.74, 6) is 6.99. The fourth-order valence-electron chi connectivity index (χ4n) is 2.23. The summed E-state index contributed by atoms with van der Waals surface area (Å²) in [6.45, 7) is 4.34. The fourth-order valence-corrected chi connectivity index (χ4v) is 3.44. The monoisotopic (exact) mass is 288 g/mol. The molecule has 0 aliphatic carbocycles. The Bertz CT molecular complexity index is 566. The van der Waals surface area contributed by atoms with E-state index < -0.39 is 0 Å². The summed E-state index contributed by atoms with van der Waals surface area (Å²) in [7, 11) is 0. The number of hydrogen-bond donors (Lipinski definition) is 2. The highest BCUT2D eigenvalue weighted by Crippen LogP contribution is 2.38. The summed E-state index contributed by atoms with van der Waals surface area (Å²) in [4.78, 5) is 12.4. The molecule has 1 aromatic carbocycles. The van der Waals surface area contributed by atoms with Crippen molar-refractivity contribution in [3.8, 4) is 11.8 Å². The molecule has 1 unspecified atom stereocenters. The minimum atomic E-state index is -0.316. The molecule has 1 aliphatic rings. The number of amides is 1. The second kappa shape index (κ2) is 6.34. The fraction of sp³-hybridized carbons (Fsp3) is 0.438. The van der Waals surface area contributed by atoms with Crippen LogP contribution in [0.3, 0.4) is 0 Å². The molecule has 1 amide bonds. The summed E-state index contributed by atoms with van der Waals surface area (Å²) in [5, 5.41) is 3.03. The zero-order chi connectivity index (χ0) is 14.6. The first kappa shape index (κ1) is 15.0. The van der Waals surface area contributed by atoms with Crippen LogP contribution >= 0.6 is 11.8 Å². The number of nitrogens with one attached hydrogen (secondary N) is 1. The summed E-state index contributed by atoms with van der Waals surface area (Å²) in [6.07, 6.45) is 2.03. The van der Waals surface area contributed by atoms with E-state index in [1.165, 1.54) is 0 Å². The smallest absolute Gasteiger partial charge is 0.240 e. The Labute approximate surface area is 124 Å². The van der Waals surface area contributed by atoms with E-state index >= 15 is 0 Å². The van der Waals surface area contributed by atoms with Crippen LogP contribution in [0.2, 0.25) is 0 Å². The summed E-state index contributed by atoms with van der Waals surface area (Å²) < 4.78 is -0.316. The molecule has 0 bridgehead atoms. The summed E-state index contributed by atoms with van der Waals surface area (Å²) in [5.41, 5.74) is 8.14. The number of benzene rings is 1. The Kier molecular flexibility index (Phi) is 4.74. The predicted molar refractivity (Wildman–Crippen MR) is 85.8 cm³/mol. The van der Waals surface area contributed by atoms with Crippen molar-refractivity contribution >= 4 is 23.4 Å². The lowest BCUT2D eigenvalue weighted by Gasteiger charge is -2.22. The third-order valence-electron chi connectivity index (χ3n) is 3.45. The molecule has 4 heteroatoms. The van der Waals surface area contributed by atoms with E-state index in [-0.39, 0.29) is 10.7 Å². The molecule has 20 heavy (non-hydrogen) atoms. The first-order valence-electron chi connectivity index (χ1n) is 6.80. The van der Waals surface area contributed by atoms with Crippen molar-refractivity contribution in [3.05, 3.63) is 29.3 Å². The maximum absolute atomic E-state index is 12.4. The molecule has 3 nitrogen and oxygen atoms in total. The number of anilines is 1. The molecule has 1 aromatic rings. The molecule has 0 radical (unpaired) electrons. The third kappa shape index (κ3) is 3.36. The van der Waals surface area contributed by atoms with E-state index in [1.807, 2.05) is 32.0 Å². The largest absolute Gasteiger partial charge is 0.324 e. The van der Waals surface area contributed by atoms with E-state index in [0.717, 1.165) is 35.4 Å². The molecule has 1 aliphatic heterocycles. The van der Waals surface area contributed by atoms with Gasteiger partial charge in [0, 0.05) is 5.56 Å². The van der Waals surface area contributed by atoms with Crippen LogP contribution in [0.4, 0.5) is 5.69 Å². The van der Waals surface area contributed by atoms with Crippen LogP contribution in [0.5, 0.6) is 0 Å². The SMILES string of the molecule is Cc1ccc(NC(=O)C2(C)CCCS2)c(C#CCN)c1. The molecule has 1 heterocycles. The van der Waals surface area contributed by atoms with Crippen LogP contribution in [0.25, 0.3) is 0 Å². The van der Waals surface area contributed by atoms with Gasteiger partial charge in [0.2, 0.25) is 5.91 Å². The highest BCUT2D eigenvalue weighted by Gasteiger charge is 2.37. The Balaban J connectivity index is 2.22. The minimum absolute atomic E-state index is 0.0691. The van der Waals surface area contributed by atoms with Crippen LogP contribution in [-0.4, -0.2) is 23.0 Å². The second-order valence-corrected chi connectivity index (χ2v) is 6.79. The Morgan fingerprint density at radius 1 is 1.55 bits per heavy atom. The number of hydrogen-bond acceptors (Lipinski definition) is 3. The van der Waals surface area contributed by atoms with Crippen molar-refractivity contribution in [1.82, 2.24) is 0 Å². The van der Waals surface area contributed by atoms with Crippen molar-refractivity contribution in [3.63, 3.8) is 0 Å². The van der Waals surface area contributed by atoms with E-state index in [1.54, 1.807) is 11.8 Å². The van der Waals surface area contributed by atoms with E-state index in [2.05, 4.69) is 17.2 Å². The Morgan fingerprint density at radius 3 is 3.00 bits per heavy atom. The Hall–Kier alpha value is -1.44. The predicted octanol–water partition coefficient (Wildman–Crippen LogP) is 2.53. The number of rotatable bonds is 2. The van der Waals surface area contributed by atoms with Gasteiger partial charge < -0.3 is 11.1 Å². The van der Waals surface area contributed by atoms with Gasteiger partial charge in [-0.05, 0) is 50.1 Å². The van der Waals surface area contributed by atoms with Gasteiger partial charge in [0.15, 0.2) is 0 Å². The van der Waals surface area contributed by atoms with Crippen LogP contribution in [0, 0.1) is 18.8 Å². The number of aryl methyl sites for hydroxylation is 1. The molecule has 1 saturated heterocycles. The first-order chi connectivity index (χ1) is 9.55. The van der Waals surface area contributed by atoms with Crippen LogP contribution in [0.1, 0.15) is 30.9 Å². The maximum atomic E-state index is 12.4. The highest BCUT2D eigenvalue weighted by molar-refractivity contribution is 8.01. The lowest BCUT2D eigenvalue weighted by atomic mass is 10.0. The van der Waals surface area contributed by atoms with Gasteiger partial charge in [-0.1, -0.05) is 17.9 Å². The first-order valence-corrected chi connectivity index (χ1v) is 7.79. The molecular formula is C16H20N2OS. The lowest BCUT2D eigenvalue weighted by Crippen LogP contribution is -2.34. The minimum Gasteiger partial charge on any atom is -0.324 e. The van der Waals surface area contributed by atoms with Gasteiger partial charge in [-0.2, -0.15) is 0 Å². The molecule has 3 N–H and O–H groups in total. The van der Waals surface area contributed by atoms with Gasteiger partial charge >= 0.3 is 0 Å². The number of nitrogens with two attached hydrogens (primary N) is 1. The quantitative estimate of drug-likeness (QED) is 0.822. The lowest BCUT2D eigenvalue weighted by molar-refractivity contribution is -0.118. The van der Waals surface area contributed by atoms with Crippen molar-refractivity contribution in [2.24, 2.45) is 5.73 Å². The number of thioether (sulfide) groups is 1. The normalized spacial score (nSPS) is 21.1. The average molecular weight is 288 g/mol. The molecule has 0 spiro atoms. The van der Waals surface area contributed by atoms with Crippen molar-refractivity contribution < 1.29 is 4.79 Å². The van der Waals surface area contributed by atoms with Gasteiger partial charge in [-0.25, -0.2) is 0 Å². The topological polar surface area (TPSA) is 55.1 Å².